The van der Waals surface area contributed by atoms with E-state index in [1.807, 2.05) is 0 Å². The summed E-state index contributed by atoms with van der Waals surface area (Å²) in [7, 11) is 0. The molecule has 4 nitrogen and oxygen atoms in total. The van der Waals surface area contributed by atoms with Crippen molar-refractivity contribution >= 4 is 23.1 Å². The van der Waals surface area contributed by atoms with Crippen molar-refractivity contribution in [2.45, 2.75) is 25.2 Å². The lowest BCUT2D eigenvalue weighted by Crippen LogP contribution is -2.39. The normalized spacial score (nSPS) is 19.3. The standard InChI is InChI=1S/C22H16ClF2N3O/c23-13-5-1-4-12(10-13)19-14(11-26)22(27)28(17-8-3-9-18(29)20(17)19)21-15(24)6-2-7-16(21)25/h1-2,4-7,10,19H,3,8-9,27H2. The van der Waals surface area contributed by atoms with Crippen LogP contribution in [0.3, 0.4) is 0 Å². The van der Waals surface area contributed by atoms with Gasteiger partial charge in [0, 0.05) is 22.7 Å². The Morgan fingerprint density at radius 3 is 2.48 bits per heavy atom. The highest BCUT2D eigenvalue weighted by Crippen LogP contribution is 2.47. The summed E-state index contributed by atoms with van der Waals surface area (Å²) in [5.74, 6) is -2.63. The van der Waals surface area contributed by atoms with Crippen LogP contribution in [0.1, 0.15) is 30.7 Å². The Bertz CT molecular complexity index is 1110. The van der Waals surface area contributed by atoms with Gasteiger partial charge in [0.2, 0.25) is 0 Å². The Kier molecular flexibility index (Phi) is 4.85. The van der Waals surface area contributed by atoms with E-state index in [-0.39, 0.29) is 22.9 Å². The molecule has 0 saturated carbocycles. The summed E-state index contributed by atoms with van der Waals surface area (Å²) in [5.41, 5.74) is 7.36. The number of halogens is 3. The van der Waals surface area contributed by atoms with E-state index in [0.717, 1.165) is 12.1 Å². The van der Waals surface area contributed by atoms with Crippen LogP contribution in [0.25, 0.3) is 0 Å². The third kappa shape index (κ3) is 3.08. The molecule has 0 fully saturated rings. The number of benzene rings is 2. The van der Waals surface area contributed by atoms with E-state index in [0.29, 0.717) is 41.1 Å². The van der Waals surface area contributed by atoms with Gasteiger partial charge in [0.05, 0.1) is 17.6 Å². The minimum absolute atomic E-state index is 0.0592. The molecule has 0 radical (unpaired) electrons. The zero-order valence-corrected chi connectivity index (χ0v) is 16.0. The fraction of sp³-hybridized carbons (Fsp3) is 0.182. The van der Waals surface area contributed by atoms with Gasteiger partial charge in [0.1, 0.15) is 23.1 Å². The Balaban J connectivity index is 2.03. The summed E-state index contributed by atoms with van der Waals surface area (Å²) in [5, 5.41) is 10.3. The molecule has 1 aliphatic heterocycles. The third-order valence-electron chi connectivity index (χ3n) is 5.26. The van der Waals surface area contributed by atoms with E-state index >= 15 is 0 Å². The molecule has 0 aromatic heterocycles. The summed E-state index contributed by atoms with van der Waals surface area (Å²) in [6.45, 7) is 0. The van der Waals surface area contributed by atoms with Gasteiger partial charge in [0.15, 0.2) is 5.78 Å². The number of carbonyl (C=O) groups is 1. The molecule has 1 atom stereocenters. The third-order valence-corrected chi connectivity index (χ3v) is 5.49. The van der Waals surface area contributed by atoms with Gasteiger partial charge in [-0.25, -0.2) is 8.78 Å². The molecule has 0 spiro atoms. The molecular weight excluding hydrogens is 396 g/mol. The van der Waals surface area contributed by atoms with Gasteiger partial charge in [-0.15, -0.1) is 0 Å². The number of anilines is 1. The number of carbonyl (C=O) groups excluding carboxylic acids is 1. The van der Waals surface area contributed by atoms with Crippen LogP contribution >= 0.6 is 11.6 Å². The number of rotatable bonds is 2. The largest absolute Gasteiger partial charge is 0.384 e. The number of nitrogens with zero attached hydrogens (tertiary/aromatic N) is 2. The molecular formula is C22H16ClF2N3O. The van der Waals surface area contributed by atoms with Crippen LogP contribution in [-0.4, -0.2) is 5.78 Å². The minimum Gasteiger partial charge on any atom is -0.384 e. The van der Waals surface area contributed by atoms with Crippen LogP contribution in [0, 0.1) is 23.0 Å². The zero-order valence-electron chi connectivity index (χ0n) is 15.3. The first-order valence-corrected chi connectivity index (χ1v) is 9.47. The molecule has 146 valence electrons. The molecule has 7 heteroatoms. The average molecular weight is 412 g/mol. The Morgan fingerprint density at radius 1 is 1.14 bits per heavy atom. The SMILES string of the molecule is N#CC1=C(N)N(c2c(F)cccc2F)C2=C(C(=O)CCC2)C1c1cccc(Cl)c1. The number of allylic oxidation sites excluding steroid dienone is 3. The number of hydrogen-bond donors (Lipinski definition) is 1. The number of nitrogens with two attached hydrogens (primary N) is 1. The van der Waals surface area contributed by atoms with Crippen LogP contribution < -0.4 is 10.6 Å². The Morgan fingerprint density at radius 2 is 1.83 bits per heavy atom. The lowest BCUT2D eigenvalue weighted by molar-refractivity contribution is -0.116. The summed E-state index contributed by atoms with van der Waals surface area (Å²) >= 11 is 6.13. The molecule has 4 rings (SSSR count). The molecule has 0 bridgehead atoms. The number of Topliss-reactive ketones (excluding diaryl/α,β-unsaturated/α-hetero) is 1. The van der Waals surface area contributed by atoms with Crippen LogP contribution in [0.5, 0.6) is 0 Å². The lowest BCUT2D eigenvalue weighted by atomic mass is 9.75. The maximum absolute atomic E-state index is 14.6. The smallest absolute Gasteiger partial charge is 0.161 e. The average Bonchev–Trinajstić information content (AvgIpc) is 2.69. The summed E-state index contributed by atoms with van der Waals surface area (Å²) in [6.07, 6.45) is 1.23. The van der Waals surface area contributed by atoms with Gasteiger partial charge in [0.25, 0.3) is 0 Å². The zero-order chi connectivity index (χ0) is 20.7. The van der Waals surface area contributed by atoms with Crippen LogP contribution in [0.15, 0.2) is 65.1 Å². The second-order valence-electron chi connectivity index (χ2n) is 6.94. The fourth-order valence-corrected chi connectivity index (χ4v) is 4.26. The van der Waals surface area contributed by atoms with Gasteiger partial charge >= 0.3 is 0 Å². The topological polar surface area (TPSA) is 70.1 Å². The Hall–Kier alpha value is -3.17. The van der Waals surface area contributed by atoms with Gasteiger partial charge in [-0.1, -0.05) is 29.8 Å². The highest BCUT2D eigenvalue weighted by atomic mass is 35.5. The van der Waals surface area contributed by atoms with Crippen LogP contribution in [-0.2, 0) is 4.79 Å². The van der Waals surface area contributed by atoms with Crippen molar-refractivity contribution in [2.75, 3.05) is 4.90 Å². The van der Waals surface area contributed by atoms with Crippen LogP contribution in [0.2, 0.25) is 5.02 Å². The Labute approximate surface area is 171 Å². The molecule has 29 heavy (non-hydrogen) atoms. The maximum Gasteiger partial charge on any atom is 0.161 e. The van der Waals surface area contributed by atoms with E-state index in [1.54, 1.807) is 24.3 Å². The van der Waals surface area contributed by atoms with Gasteiger partial charge < -0.3 is 5.73 Å². The van der Waals surface area contributed by atoms with Crippen molar-refractivity contribution in [1.82, 2.24) is 0 Å². The van der Waals surface area contributed by atoms with Crippen molar-refractivity contribution in [3.63, 3.8) is 0 Å². The molecule has 1 unspecified atom stereocenters. The first kappa shape index (κ1) is 19.2. The predicted octanol–water partition coefficient (Wildman–Crippen LogP) is 4.92. The molecule has 2 aromatic carbocycles. The number of ketones is 1. The van der Waals surface area contributed by atoms with Crippen molar-refractivity contribution in [3.8, 4) is 6.07 Å². The van der Waals surface area contributed by atoms with E-state index in [1.165, 1.54) is 11.0 Å². The minimum atomic E-state index is -0.823. The predicted molar refractivity (Wildman–Crippen MR) is 106 cm³/mol. The second-order valence-corrected chi connectivity index (χ2v) is 7.38. The number of hydrogen-bond acceptors (Lipinski definition) is 4. The van der Waals surface area contributed by atoms with E-state index in [2.05, 4.69) is 6.07 Å². The van der Waals surface area contributed by atoms with E-state index in [4.69, 9.17) is 17.3 Å². The molecule has 0 amide bonds. The highest BCUT2D eigenvalue weighted by Gasteiger charge is 2.41. The number of nitriles is 1. The number of para-hydroxylation sites is 1. The molecule has 0 saturated heterocycles. The van der Waals surface area contributed by atoms with Crippen molar-refractivity contribution in [2.24, 2.45) is 5.73 Å². The highest BCUT2D eigenvalue weighted by molar-refractivity contribution is 6.30. The van der Waals surface area contributed by atoms with Gasteiger partial charge in [-0.2, -0.15) is 5.26 Å². The van der Waals surface area contributed by atoms with E-state index < -0.39 is 17.6 Å². The first-order valence-electron chi connectivity index (χ1n) is 9.09. The van der Waals surface area contributed by atoms with Crippen LogP contribution in [0.4, 0.5) is 14.5 Å². The molecule has 1 heterocycles. The molecule has 2 aromatic rings. The van der Waals surface area contributed by atoms with Crippen molar-refractivity contribution in [3.05, 3.63) is 87.3 Å². The van der Waals surface area contributed by atoms with Crippen molar-refractivity contribution < 1.29 is 13.6 Å². The summed E-state index contributed by atoms with van der Waals surface area (Å²) in [4.78, 5) is 14.1. The van der Waals surface area contributed by atoms with Crippen molar-refractivity contribution in [1.29, 1.82) is 5.26 Å². The monoisotopic (exact) mass is 411 g/mol. The first-order chi connectivity index (χ1) is 13.9. The quantitative estimate of drug-likeness (QED) is 0.761. The molecule has 1 aliphatic carbocycles. The fourth-order valence-electron chi connectivity index (χ4n) is 4.06. The lowest BCUT2D eigenvalue weighted by Gasteiger charge is -2.39. The summed E-state index contributed by atoms with van der Waals surface area (Å²) in [6, 6.07) is 12.4. The van der Waals surface area contributed by atoms with Gasteiger partial charge in [-0.3, -0.25) is 9.69 Å². The van der Waals surface area contributed by atoms with Gasteiger partial charge in [-0.05, 0) is 42.7 Å². The second kappa shape index (κ2) is 7.34. The summed E-state index contributed by atoms with van der Waals surface area (Å²) < 4.78 is 29.2. The molecule has 2 aliphatic rings. The molecule has 2 N–H and O–H groups in total. The van der Waals surface area contributed by atoms with E-state index in [9.17, 15) is 18.8 Å². The maximum atomic E-state index is 14.6.